The lowest BCUT2D eigenvalue weighted by Gasteiger charge is -2.24. The second-order valence-electron chi connectivity index (χ2n) is 5.78. The first kappa shape index (κ1) is 14.8. The van der Waals surface area contributed by atoms with E-state index in [1.807, 2.05) is 24.3 Å². The van der Waals surface area contributed by atoms with Gasteiger partial charge in [-0.2, -0.15) is 0 Å². The number of benzene rings is 1. The quantitative estimate of drug-likeness (QED) is 0.940. The predicted molar refractivity (Wildman–Crippen MR) is 86.2 cm³/mol. The first-order valence-corrected chi connectivity index (χ1v) is 7.96. The fraction of sp³-hybridized carbons (Fsp3) is 0.471. The molecule has 22 heavy (non-hydrogen) atoms. The van der Waals surface area contributed by atoms with Crippen molar-refractivity contribution in [1.29, 1.82) is 0 Å². The van der Waals surface area contributed by atoms with E-state index in [4.69, 9.17) is 10.1 Å². The third-order valence-electron chi connectivity index (χ3n) is 4.10. The summed E-state index contributed by atoms with van der Waals surface area (Å²) in [7, 11) is 0. The van der Waals surface area contributed by atoms with E-state index >= 15 is 0 Å². The van der Waals surface area contributed by atoms with Crippen molar-refractivity contribution in [3.8, 4) is 0 Å². The molecule has 1 aliphatic heterocycles. The van der Waals surface area contributed by atoms with Crippen molar-refractivity contribution in [2.75, 3.05) is 18.0 Å². The molecule has 0 radical (unpaired) electrons. The number of carbonyl (C=O) groups is 1. The molecule has 116 valence electrons. The van der Waals surface area contributed by atoms with Crippen LogP contribution in [0, 0.1) is 0 Å². The Bertz CT molecular complexity index is 664. The van der Waals surface area contributed by atoms with Crippen molar-refractivity contribution in [3.05, 3.63) is 30.0 Å². The Labute approximate surface area is 130 Å². The maximum absolute atomic E-state index is 10.9. The first-order chi connectivity index (χ1) is 10.7. The average Bonchev–Trinajstić information content (AvgIpc) is 2.81. The summed E-state index contributed by atoms with van der Waals surface area (Å²) in [5.74, 6) is 0.0821. The Balaban J connectivity index is 1.99. The highest BCUT2D eigenvalue weighted by atomic mass is 16.4. The van der Waals surface area contributed by atoms with Crippen LogP contribution < -0.4 is 4.90 Å². The molecule has 2 heterocycles. The van der Waals surface area contributed by atoms with Crippen LogP contribution in [0.25, 0.3) is 11.0 Å². The second-order valence-corrected chi connectivity index (χ2v) is 5.78. The van der Waals surface area contributed by atoms with Crippen molar-refractivity contribution in [2.45, 2.75) is 38.5 Å². The number of aromatic nitrogens is 2. The summed E-state index contributed by atoms with van der Waals surface area (Å²) < 4.78 is 0. The lowest BCUT2D eigenvalue weighted by molar-refractivity contribution is -0.136. The Morgan fingerprint density at radius 2 is 1.68 bits per heavy atom. The van der Waals surface area contributed by atoms with Crippen LogP contribution in [0.1, 0.15) is 37.8 Å². The molecule has 1 saturated heterocycles. The molecule has 3 rings (SSSR count). The molecule has 1 aliphatic rings. The van der Waals surface area contributed by atoms with Gasteiger partial charge < -0.3 is 10.0 Å². The van der Waals surface area contributed by atoms with Gasteiger partial charge in [-0.05, 0) is 25.0 Å². The minimum absolute atomic E-state index is 0.0911. The van der Waals surface area contributed by atoms with Crippen molar-refractivity contribution < 1.29 is 9.90 Å². The summed E-state index contributed by atoms with van der Waals surface area (Å²) >= 11 is 0. The highest BCUT2D eigenvalue weighted by Gasteiger charge is 2.18. The van der Waals surface area contributed by atoms with Gasteiger partial charge in [0, 0.05) is 19.5 Å². The topological polar surface area (TPSA) is 66.3 Å². The van der Waals surface area contributed by atoms with E-state index in [0.717, 1.165) is 48.5 Å². The molecule has 0 aliphatic carbocycles. The normalized spacial score (nSPS) is 15.7. The minimum atomic E-state index is -0.795. The molecule has 0 bridgehead atoms. The fourth-order valence-electron chi connectivity index (χ4n) is 2.96. The minimum Gasteiger partial charge on any atom is -0.481 e. The molecule has 2 aromatic rings. The molecule has 1 aromatic heterocycles. The lowest BCUT2D eigenvalue weighted by Crippen LogP contribution is -2.27. The summed E-state index contributed by atoms with van der Waals surface area (Å²) in [6, 6.07) is 7.78. The highest BCUT2D eigenvalue weighted by molar-refractivity contribution is 5.77. The van der Waals surface area contributed by atoms with Gasteiger partial charge in [0.2, 0.25) is 0 Å². The zero-order valence-electron chi connectivity index (χ0n) is 12.7. The standard InChI is InChI=1S/C17H21N3O2/c21-16(22)10-9-15-17(20-11-5-1-2-6-12-20)19-14-8-4-3-7-13(14)18-15/h3-4,7-8H,1-2,5-6,9-12H2,(H,21,22). The molecular formula is C17H21N3O2. The number of para-hydroxylation sites is 2. The molecule has 5 heteroatoms. The van der Waals surface area contributed by atoms with Gasteiger partial charge in [0.05, 0.1) is 23.1 Å². The van der Waals surface area contributed by atoms with Gasteiger partial charge in [-0.3, -0.25) is 4.79 Å². The van der Waals surface area contributed by atoms with E-state index in [0.29, 0.717) is 6.42 Å². The van der Waals surface area contributed by atoms with Crippen LogP contribution in [-0.2, 0) is 11.2 Å². The van der Waals surface area contributed by atoms with Gasteiger partial charge in [0.1, 0.15) is 0 Å². The SMILES string of the molecule is O=C(O)CCc1nc2ccccc2nc1N1CCCCCC1. The Kier molecular flexibility index (Phi) is 4.51. The van der Waals surface area contributed by atoms with Crippen molar-refractivity contribution in [1.82, 2.24) is 9.97 Å². The zero-order valence-corrected chi connectivity index (χ0v) is 12.7. The number of aliphatic carboxylic acids is 1. The van der Waals surface area contributed by atoms with Gasteiger partial charge in [0.25, 0.3) is 0 Å². The first-order valence-electron chi connectivity index (χ1n) is 7.96. The number of carboxylic acid groups (broad SMARTS) is 1. The average molecular weight is 299 g/mol. The van der Waals surface area contributed by atoms with E-state index in [9.17, 15) is 4.79 Å². The smallest absolute Gasteiger partial charge is 0.303 e. The predicted octanol–water partition coefficient (Wildman–Crippen LogP) is 3.03. The zero-order chi connectivity index (χ0) is 15.4. The Morgan fingerprint density at radius 1 is 1.05 bits per heavy atom. The maximum Gasteiger partial charge on any atom is 0.303 e. The summed E-state index contributed by atoms with van der Waals surface area (Å²) in [4.78, 5) is 22.7. The Morgan fingerprint density at radius 3 is 2.32 bits per heavy atom. The number of anilines is 1. The van der Waals surface area contributed by atoms with Gasteiger partial charge in [-0.15, -0.1) is 0 Å². The summed E-state index contributed by atoms with van der Waals surface area (Å²) in [6.07, 6.45) is 5.34. The largest absolute Gasteiger partial charge is 0.481 e. The van der Waals surface area contributed by atoms with Crippen LogP contribution in [0.2, 0.25) is 0 Å². The van der Waals surface area contributed by atoms with Crippen molar-refractivity contribution in [2.24, 2.45) is 0 Å². The van der Waals surface area contributed by atoms with Crippen LogP contribution in [0.3, 0.4) is 0 Å². The van der Waals surface area contributed by atoms with Crippen LogP contribution >= 0.6 is 0 Å². The van der Waals surface area contributed by atoms with Gasteiger partial charge >= 0.3 is 5.97 Å². The molecule has 0 amide bonds. The van der Waals surface area contributed by atoms with Gasteiger partial charge in [-0.1, -0.05) is 25.0 Å². The number of aryl methyl sites for hydroxylation is 1. The number of fused-ring (bicyclic) bond motifs is 1. The summed E-state index contributed by atoms with van der Waals surface area (Å²) in [5.41, 5.74) is 2.52. The van der Waals surface area contributed by atoms with Crippen LogP contribution in [-0.4, -0.2) is 34.1 Å². The summed E-state index contributed by atoms with van der Waals surface area (Å²) in [5, 5.41) is 8.97. The van der Waals surface area contributed by atoms with E-state index in [2.05, 4.69) is 9.88 Å². The Hall–Kier alpha value is -2.17. The third-order valence-corrected chi connectivity index (χ3v) is 4.10. The number of nitrogens with zero attached hydrogens (tertiary/aromatic N) is 3. The van der Waals surface area contributed by atoms with Crippen molar-refractivity contribution in [3.63, 3.8) is 0 Å². The molecule has 0 saturated carbocycles. The maximum atomic E-state index is 10.9. The third kappa shape index (κ3) is 3.35. The number of hydrogen-bond donors (Lipinski definition) is 1. The summed E-state index contributed by atoms with van der Waals surface area (Å²) in [6.45, 7) is 1.96. The van der Waals surface area contributed by atoms with E-state index in [1.54, 1.807) is 0 Å². The molecule has 0 atom stereocenters. The van der Waals surface area contributed by atoms with E-state index in [1.165, 1.54) is 12.8 Å². The molecule has 1 aromatic carbocycles. The molecular weight excluding hydrogens is 278 g/mol. The van der Waals surface area contributed by atoms with Crippen molar-refractivity contribution >= 4 is 22.8 Å². The number of hydrogen-bond acceptors (Lipinski definition) is 4. The second kappa shape index (κ2) is 6.73. The van der Waals surface area contributed by atoms with E-state index in [-0.39, 0.29) is 6.42 Å². The van der Waals surface area contributed by atoms with Crippen LogP contribution in [0.4, 0.5) is 5.82 Å². The number of carboxylic acids is 1. The molecule has 0 spiro atoms. The van der Waals surface area contributed by atoms with Gasteiger partial charge in [-0.25, -0.2) is 9.97 Å². The van der Waals surface area contributed by atoms with E-state index < -0.39 is 5.97 Å². The molecule has 1 N–H and O–H groups in total. The molecule has 5 nitrogen and oxygen atoms in total. The lowest BCUT2D eigenvalue weighted by atomic mass is 10.2. The molecule has 0 unspecified atom stereocenters. The fourth-order valence-corrected chi connectivity index (χ4v) is 2.96. The number of rotatable bonds is 4. The molecule has 1 fully saturated rings. The van der Waals surface area contributed by atoms with Crippen LogP contribution in [0.15, 0.2) is 24.3 Å². The highest BCUT2D eigenvalue weighted by Crippen LogP contribution is 2.24. The van der Waals surface area contributed by atoms with Crippen LogP contribution in [0.5, 0.6) is 0 Å². The monoisotopic (exact) mass is 299 g/mol. The van der Waals surface area contributed by atoms with Gasteiger partial charge in [0.15, 0.2) is 5.82 Å².